The number of rotatable bonds is 4. The number of ether oxygens (including phenoxy) is 1. The molecule has 0 aliphatic carbocycles. The van der Waals surface area contributed by atoms with E-state index in [0.29, 0.717) is 17.7 Å². The van der Waals surface area contributed by atoms with E-state index in [9.17, 15) is 4.79 Å². The number of aromatic nitrogens is 1. The topological polar surface area (TPSA) is 51.2 Å². The minimum atomic E-state index is -0.469. The summed E-state index contributed by atoms with van der Waals surface area (Å²) in [5.41, 5.74) is 3.20. The molecule has 0 radical (unpaired) electrons. The van der Waals surface area contributed by atoms with Crippen molar-refractivity contribution in [1.29, 1.82) is 0 Å². The Labute approximate surface area is 122 Å². The Balaban J connectivity index is 2.10. The third-order valence-electron chi connectivity index (χ3n) is 2.86. The number of benzene rings is 1. The molecule has 2 aromatic rings. The van der Waals surface area contributed by atoms with E-state index in [-0.39, 0.29) is 0 Å². The van der Waals surface area contributed by atoms with Crippen molar-refractivity contribution < 1.29 is 9.53 Å². The third-order valence-corrected chi connectivity index (χ3v) is 3.62. The van der Waals surface area contributed by atoms with Crippen LogP contribution in [0.15, 0.2) is 29.6 Å². The maximum atomic E-state index is 11.3. The molecule has 5 heteroatoms. The minimum Gasteiger partial charge on any atom is -0.450 e. The fourth-order valence-corrected chi connectivity index (χ4v) is 2.46. The highest BCUT2D eigenvalue weighted by atomic mass is 32.1. The van der Waals surface area contributed by atoms with E-state index >= 15 is 0 Å². The molecule has 106 valence electrons. The van der Waals surface area contributed by atoms with Crippen molar-refractivity contribution >= 4 is 22.6 Å². The van der Waals surface area contributed by atoms with E-state index in [1.807, 2.05) is 5.38 Å². The summed E-state index contributed by atoms with van der Waals surface area (Å²) in [6.45, 7) is 6.45. The lowest BCUT2D eigenvalue weighted by molar-refractivity contribution is 0.168. The summed E-state index contributed by atoms with van der Waals surface area (Å²) >= 11 is 1.39. The number of amides is 1. The Hall–Kier alpha value is -1.88. The molecular weight excluding hydrogens is 272 g/mol. The number of hydrogen-bond acceptors (Lipinski definition) is 4. The molecule has 0 saturated heterocycles. The van der Waals surface area contributed by atoms with Gasteiger partial charge in [0.2, 0.25) is 0 Å². The summed E-state index contributed by atoms with van der Waals surface area (Å²) < 4.78 is 4.82. The molecule has 1 aromatic heterocycles. The van der Waals surface area contributed by atoms with Crippen LogP contribution in [-0.4, -0.2) is 17.7 Å². The van der Waals surface area contributed by atoms with Gasteiger partial charge in [0.25, 0.3) is 0 Å². The number of nitrogens with zero attached hydrogens (tertiary/aromatic N) is 1. The number of nitrogens with one attached hydrogen (secondary N) is 1. The van der Waals surface area contributed by atoms with E-state index in [0.717, 1.165) is 11.3 Å². The first-order valence-electron chi connectivity index (χ1n) is 6.59. The van der Waals surface area contributed by atoms with Crippen molar-refractivity contribution in [2.45, 2.75) is 26.7 Å². The fourth-order valence-electron chi connectivity index (χ4n) is 1.76. The summed E-state index contributed by atoms with van der Waals surface area (Å²) in [7, 11) is 0. The van der Waals surface area contributed by atoms with Crippen LogP contribution in [0.1, 0.15) is 32.3 Å². The van der Waals surface area contributed by atoms with Crippen molar-refractivity contribution in [3.63, 3.8) is 0 Å². The van der Waals surface area contributed by atoms with Crippen LogP contribution < -0.4 is 5.32 Å². The quantitative estimate of drug-likeness (QED) is 0.901. The molecule has 1 aromatic carbocycles. The van der Waals surface area contributed by atoms with Crippen LogP contribution in [0.4, 0.5) is 9.93 Å². The van der Waals surface area contributed by atoms with Crippen molar-refractivity contribution in [2.24, 2.45) is 0 Å². The van der Waals surface area contributed by atoms with Crippen molar-refractivity contribution in [1.82, 2.24) is 4.98 Å². The smallest absolute Gasteiger partial charge is 0.413 e. The molecule has 0 aliphatic rings. The molecule has 2 rings (SSSR count). The molecule has 0 fully saturated rings. The minimum absolute atomic E-state index is 0.348. The summed E-state index contributed by atoms with van der Waals surface area (Å²) in [5, 5.41) is 5.08. The molecule has 1 heterocycles. The maximum absolute atomic E-state index is 11.3. The first-order valence-corrected chi connectivity index (χ1v) is 7.47. The molecule has 0 bridgehead atoms. The Morgan fingerprint density at radius 1 is 1.35 bits per heavy atom. The van der Waals surface area contributed by atoms with Crippen molar-refractivity contribution in [3.8, 4) is 11.3 Å². The molecule has 1 amide bonds. The van der Waals surface area contributed by atoms with Gasteiger partial charge in [-0.2, -0.15) is 0 Å². The molecule has 1 N–H and O–H groups in total. The lowest BCUT2D eigenvalue weighted by atomic mass is 10.0. The Morgan fingerprint density at radius 3 is 2.65 bits per heavy atom. The van der Waals surface area contributed by atoms with Gasteiger partial charge in [-0.1, -0.05) is 38.1 Å². The first-order chi connectivity index (χ1) is 9.60. The average molecular weight is 290 g/mol. The summed E-state index contributed by atoms with van der Waals surface area (Å²) in [6, 6.07) is 8.33. The van der Waals surface area contributed by atoms with Crippen LogP contribution in [-0.2, 0) is 4.74 Å². The predicted octanol–water partition coefficient (Wildman–Crippen LogP) is 4.50. The standard InChI is InChI=1S/C15H18N2O2S/c1-4-19-15(18)17-14-16-13(9-20-14)12-7-5-11(6-8-12)10(2)3/h5-10H,4H2,1-3H3,(H,16,17,18). The van der Waals surface area contributed by atoms with Gasteiger partial charge in [-0.05, 0) is 18.4 Å². The third kappa shape index (κ3) is 3.57. The lowest BCUT2D eigenvalue weighted by Crippen LogP contribution is -2.12. The highest BCUT2D eigenvalue weighted by Gasteiger charge is 2.08. The van der Waals surface area contributed by atoms with Gasteiger partial charge in [-0.3, -0.25) is 5.32 Å². The Kier molecular flexibility index (Phi) is 4.74. The largest absolute Gasteiger partial charge is 0.450 e. The van der Waals surface area contributed by atoms with E-state index in [1.165, 1.54) is 16.9 Å². The normalized spacial score (nSPS) is 10.6. The lowest BCUT2D eigenvalue weighted by Gasteiger charge is -2.05. The summed E-state index contributed by atoms with van der Waals surface area (Å²) in [4.78, 5) is 15.7. The number of anilines is 1. The molecule has 4 nitrogen and oxygen atoms in total. The van der Waals surface area contributed by atoms with E-state index < -0.39 is 6.09 Å². The van der Waals surface area contributed by atoms with Gasteiger partial charge in [0, 0.05) is 10.9 Å². The maximum Gasteiger partial charge on any atom is 0.413 e. The van der Waals surface area contributed by atoms with Crippen molar-refractivity contribution in [3.05, 3.63) is 35.2 Å². The van der Waals surface area contributed by atoms with Crippen LogP contribution >= 0.6 is 11.3 Å². The van der Waals surface area contributed by atoms with Gasteiger partial charge >= 0.3 is 6.09 Å². The highest BCUT2D eigenvalue weighted by Crippen LogP contribution is 2.26. The Morgan fingerprint density at radius 2 is 2.05 bits per heavy atom. The van der Waals surface area contributed by atoms with Gasteiger partial charge in [0.15, 0.2) is 5.13 Å². The molecule has 0 unspecified atom stereocenters. The van der Waals surface area contributed by atoms with E-state index in [4.69, 9.17) is 4.74 Å². The van der Waals surface area contributed by atoms with Crippen LogP contribution in [0, 0.1) is 0 Å². The second-order valence-corrected chi connectivity index (χ2v) is 5.52. The van der Waals surface area contributed by atoms with Gasteiger partial charge < -0.3 is 4.74 Å². The number of carbonyl (C=O) groups is 1. The SMILES string of the molecule is CCOC(=O)Nc1nc(-c2ccc(C(C)C)cc2)cs1. The van der Waals surface area contributed by atoms with E-state index in [2.05, 4.69) is 48.4 Å². The molecule has 0 aliphatic heterocycles. The summed E-state index contributed by atoms with van der Waals surface area (Å²) in [6.07, 6.45) is -0.469. The molecule has 0 atom stereocenters. The zero-order valence-electron chi connectivity index (χ0n) is 11.8. The monoisotopic (exact) mass is 290 g/mol. The van der Waals surface area contributed by atoms with Gasteiger partial charge in [0.05, 0.1) is 12.3 Å². The van der Waals surface area contributed by atoms with E-state index in [1.54, 1.807) is 6.92 Å². The fraction of sp³-hybridized carbons (Fsp3) is 0.333. The van der Waals surface area contributed by atoms with Crippen molar-refractivity contribution in [2.75, 3.05) is 11.9 Å². The Bertz CT molecular complexity index is 576. The second-order valence-electron chi connectivity index (χ2n) is 4.66. The highest BCUT2D eigenvalue weighted by molar-refractivity contribution is 7.14. The molecular formula is C15H18N2O2S. The van der Waals surface area contributed by atoms with Gasteiger partial charge in [-0.25, -0.2) is 9.78 Å². The second kappa shape index (κ2) is 6.52. The predicted molar refractivity (Wildman–Crippen MR) is 82.3 cm³/mol. The van der Waals surface area contributed by atoms with Crippen LogP contribution in [0.2, 0.25) is 0 Å². The number of thiazole rings is 1. The molecule has 20 heavy (non-hydrogen) atoms. The zero-order chi connectivity index (χ0) is 14.5. The molecule has 0 spiro atoms. The van der Waals surface area contributed by atoms with Gasteiger partial charge in [-0.15, -0.1) is 11.3 Å². The van der Waals surface area contributed by atoms with Crippen LogP contribution in [0.5, 0.6) is 0 Å². The molecule has 0 saturated carbocycles. The van der Waals surface area contributed by atoms with Crippen LogP contribution in [0.3, 0.4) is 0 Å². The van der Waals surface area contributed by atoms with Gasteiger partial charge in [0.1, 0.15) is 0 Å². The zero-order valence-corrected chi connectivity index (χ0v) is 12.7. The summed E-state index contributed by atoms with van der Waals surface area (Å²) in [5.74, 6) is 0.514. The van der Waals surface area contributed by atoms with Crippen LogP contribution in [0.25, 0.3) is 11.3 Å². The first kappa shape index (κ1) is 14.5. The average Bonchev–Trinajstić information content (AvgIpc) is 2.87. The number of hydrogen-bond donors (Lipinski definition) is 1. The number of carbonyl (C=O) groups excluding carboxylic acids is 1.